The first kappa shape index (κ1) is 40.5. The van der Waals surface area contributed by atoms with Gasteiger partial charge >= 0.3 is 0 Å². The van der Waals surface area contributed by atoms with Crippen LogP contribution in [0.5, 0.6) is 0 Å². The molecule has 12 aromatic rings. The van der Waals surface area contributed by atoms with Gasteiger partial charge in [-0.25, -0.2) is 9.98 Å². The summed E-state index contributed by atoms with van der Waals surface area (Å²) in [6, 6.07) is 93.2. The van der Waals surface area contributed by atoms with E-state index in [1.807, 2.05) is 6.07 Å². The molecule has 1 aliphatic carbocycles. The second kappa shape index (κ2) is 15.8. The van der Waals surface area contributed by atoms with Crippen LogP contribution in [0, 0.1) is 0 Å². The molecule has 336 valence electrons. The van der Waals surface area contributed by atoms with Gasteiger partial charge in [-0.3, -0.25) is 0 Å². The van der Waals surface area contributed by atoms with Crippen LogP contribution in [-0.4, -0.2) is 16.2 Å². The Hall–Kier alpha value is -9.38. The Kier molecular flexibility index (Phi) is 8.90. The van der Waals surface area contributed by atoms with Crippen LogP contribution in [0.15, 0.2) is 265 Å². The standard InChI is InChI=1S/C68H44N4/c1-3-18-43(19-4-1)46-23-15-25-49(40-46)66-69-65(45-21-5-2-6-22-45)70-67(71-66)50-26-16-24-48(41-50)63-51-27-8-7-20-44(51)36-38-52(63)47-37-39-54-53-28-9-11-31-57(53)68(60(54)42-47)58-32-12-14-35-62(58)72-61-34-13-10-29-55(61)56-30-17-33-59(68)64(56)72/h1-42,67H,(H,69,70,71). The van der Waals surface area contributed by atoms with Gasteiger partial charge in [0.25, 0.3) is 0 Å². The summed E-state index contributed by atoms with van der Waals surface area (Å²) in [4.78, 5) is 10.5. The Morgan fingerprint density at radius 1 is 0.389 bits per heavy atom. The lowest BCUT2D eigenvalue weighted by Crippen LogP contribution is -2.33. The molecule has 0 bridgehead atoms. The van der Waals surface area contributed by atoms with Gasteiger partial charge in [-0.2, -0.15) is 0 Å². The number of fused-ring (bicyclic) bond motifs is 13. The van der Waals surface area contributed by atoms with Crippen molar-refractivity contribution in [2.75, 3.05) is 0 Å². The fourth-order valence-electron chi connectivity index (χ4n) is 12.4. The molecule has 15 rings (SSSR count). The quantitative estimate of drug-likeness (QED) is 0.177. The molecule has 72 heavy (non-hydrogen) atoms. The molecular formula is C68H44N4. The van der Waals surface area contributed by atoms with Crippen LogP contribution in [0.2, 0.25) is 0 Å². The fraction of sp³-hybridized carbons (Fsp3) is 0.0294. The van der Waals surface area contributed by atoms with Gasteiger partial charge in [0.05, 0.1) is 22.1 Å². The summed E-state index contributed by atoms with van der Waals surface area (Å²) in [5.41, 5.74) is 21.0. The molecule has 1 N–H and O–H groups in total. The first-order valence-corrected chi connectivity index (χ1v) is 24.8. The third-order valence-electron chi connectivity index (χ3n) is 15.4. The number of para-hydroxylation sites is 3. The second-order valence-corrected chi connectivity index (χ2v) is 19.2. The van der Waals surface area contributed by atoms with Crippen LogP contribution in [0.3, 0.4) is 0 Å². The summed E-state index contributed by atoms with van der Waals surface area (Å²) in [7, 11) is 0. The van der Waals surface area contributed by atoms with Crippen molar-refractivity contribution in [3.05, 3.63) is 294 Å². The van der Waals surface area contributed by atoms with E-state index in [0.717, 1.165) is 39.2 Å². The number of nitrogens with one attached hydrogen (secondary N) is 1. The largest absolute Gasteiger partial charge is 0.344 e. The maximum absolute atomic E-state index is 5.34. The summed E-state index contributed by atoms with van der Waals surface area (Å²) in [6.45, 7) is 0. The van der Waals surface area contributed by atoms with E-state index in [2.05, 4.69) is 259 Å². The summed E-state index contributed by atoms with van der Waals surface area (Å²) in [5.74, 6) is 1.49. The molecule has 11 aromatic carbocycles. The summed E-state index contributed by atoms with van der Waals surface area (Å²) in [6.07, 6.45) is -0.394. The van der Waals surface area contributed by atoms with E-state index in [-0.39, 0.29) is 0 Å². The molecular weight excluding hydrogens is 873 g/mol. The number of nitrogens with zero attached hydrogens (tertiary/aromatic N) is 3. The minimum absolute atomic E-state index is 0.394. The highest BCUT2D eigenvalue weighted by atomic mass is 15.2. The van der Waals surface area contributed by atoms with E-state index in [4.69, 9.17) is 9.98 Å². The maximum atomic E-state index is 5.34. The number of hydrogen-bond acceptors (Lipinski definition) is 3. The number of rotatable bonds is 6. The van der Waals surface area contributed by atoms with Crippen molar-refractivity contribution in [2.24, 2.45) is 9.98 Å². The molecule has 0 saturated heterocycles. The van der Waals surface area contributed by atoms with Crippen molar-refractivity contribution in [3.8, 4) is 50.2 Å². The predicted molar refractivity (Wildman–Crippen MR) is 297 cm³/mol. The lowest BCUT2D eigenvalue weighted by Gasteiger charge is -2.39. The van der Waals surface area contributed by atoms with Crippen LogP contribution in [0.25, 0.3) is 82.8 Å². The normalized spacial score (nSPS) is 16.2. The van der Waals surface area contributed by atoms with Gasteiger partial charge in [0.15, 0.2) is 5.84 Å². The van der Waals surface area contributed by atoms with Crippen molar-refractivity contribution < 1.29 is 0 Å². The number of aromatic nitrogens is 1. The van der Waals surface area contributed by atoms with Gasteiger partial charge in [0.2, 0.25) is 0 Å². The number of benzene rings is 11. The lowest BCUT2D eigenvalue weighted by molar-refractivity contribution is 0.674. The number of aliphatic imine (C=N–C) groups is 2. The van der Waals surface area contributed by atoms with Gasteiger partial charge in [-0.05, 0) is 113 Å². The minimum atomic E-state index is -0.555. The van der Waals surface area contributed by atoms with E-state index in [1.54, 1.807) is 0 Å². The molecule has 0 fully saturated rings. The topological polar surface area (TPSA) is 41.7 Å². The predicted octanol–water partition coefficient (Wildman–Crippen LogP) is 16.1. The van der Waals surface area contributed by atoms with Crippen molar-refractivity contribution in [1.29, 1.82) is 0 Å². The number of amidine groups is 2. The Bertz CT molecular complexity index is 4260. The van der Waals surface area contributed by atoms with Crippen molar-refractivity contribution in [2.45, 2.75) is 11.6 Å². The van der Waals surface area contributed by atoms with Gasteiger partial charge in [0, 0.05) is 21.9 Å². The summed E-state index contributed by atoms with van der Waals surface area (Å²) < 4.78 is 2.52. The summed E-state index contributed by atoms with van der Waals surface area (Å²) in [5, 5.41) is 8.74. The average Bonchev–Trinajstić information content (AvgIpc) is 3.95. The van der Waals surface area contributed by atoms with E-state index in [9.17, 15) is 0 Å². The highest BCUT2D eigenvalue weighted by Crippen LogP contribution is 2.61. The molecule has 2 aliphatic heterocycles. The molecule has 4 heteroatoms. The van der Waals surface area contributed by atoms with Gasteiger partial charge in [-0.1, -0.05) is 224 Å². The molecule has 2 atom stereocenters. The van der Waals surface area contributed by atoms with Crippen molar-refractivity contribution in [3.63, 3.8) is 0 Å². The van der Waals surface area contributed by atoms with Gasteiger partial charge < -0.3 is 9.88 Å². The van der Waals surface area contributed by atoms with Crippen molar-refractivity contribution >= 4 is 44.2 Å². The van der Waals surface area contributed by atoms with Gasteiger partial charge in [0.1, 0.15) is 12.0 Å². The Balaban J connectivity index is 0.911. The number of hydrogen-bond donors (Lipinski definition) is 1. The van der Waals surface area contributed by atoms with E-state index >= 15 is 0 Å². The van der Waals surface area contributed by atoms with E-state index in [1.165, 1.54) is 88.3 Å². The Morgan fingerprint density at radius 3 is 1.92 bits per heavy atom. The lowest BCUT2D eigenvalue weighted by atomic mass is 9.65. The zero-order chi connectivity index (χ0) is 47.3. The average molecular weight is 917 g/mol. The van der Waals surface area contributed by atoms with Crippen LogP contribution >= 0.6 is 0 Å². The fourth-order valence-corrected chi connectivity index (χ4v) is 12.4. The molecule has 4 nitrogen and oxygen atoms in total. The molecule has 0 amide bonds. The third kappa shape index (κ3) is 5.93. The molecule has 1 spiro atoms. The van der Waals surface area contributed by atoms with Crippen LogP contribution in [-0.2, 0) is 5.41 Å². The van der Waals surface area contributed by atoms with Crippen LogP contribution in [0.4, 0.5) is 0 Å². The van der Waals surface area contributed by atoms with Crippen molar-refractivity contribution in [1.82, 2.24) is 9.88 Å². The smallest absolute Gasteiger partial charge is 0.159 e. The highest BCUT2D eigenvalue weighted by Gasteiger charge is 2.51. The maximum Gasteiger partial charge on any atom is 0.159 e. The zero-order valence-corrected chi connectivity index (χ0v) is 39.2. The molecule has 0 radical (unpaired) electrons. The Morgan fingerprint density at radius 2 is 1.03 bits per heavy atom. The monoisotopic (exact) mass is 916 g/mol. The zero-order valence-electron chi connectivity index (χ0n) is 39.2. The van der Waals surface area contributed by atoms with E-state index in [0.29, 0.717) is 5.84 Å². The highest BCUT2D eigenvalue weighted by molar-refractivity contribution is 6.14. The summed E-state index contributed by atoms with van der Waals surface area (Å²) >= 11 is 0. The minimum Gasteiger partial charge on any atom is -0.344 e. The first-order chi connectivity index (χ1) is 35.7. The first-order valence-electron chi connectivity index (χ1n) is 24.8. The molecule has 0 saturated carbocycles. The van der Waals surface area contributed by atoms with E-state index < -0.39 is 11.6 Å². The third-order valence-corrected chi connectivity index (χ3v) is 15.4. The van der Waals surface area contributed by atoms with Crippen LogP contribution in [0.1, 0.15) is 45.1 Å². The van der Waals surface area contributed by atoms with Crippen LogP contribution < -0.4 is 5.32 Å². The molecule has 3 heterocycles. The molecule has 3 aliphatic rings. The molecule has 1 aromatic heterocycles. The Labute approximate surface area is 417 Å². The van der Waals surface area contributed by atoms with Gasteiger partial charge in [-0.15, -0.1) is 0 Å². The second-order valence-electron chi connectivity index (χ2n) is 19.2. The SMILES string of the molecule is c1ccc(C2=NC(c3cccc(-c4c(-c5ccc6c(c5)C5(c7ccccc7-6)c6ccccc6-n6c7ccccc7c7cccc5c76)ccc5ccccc45)c3)NC(c3cccc(-c4ccccc4)c3)=N2)cc1. The molecule has 2 unspecified atom stereocenters.